The molecular weight excluding hydrogens is 402 g/mol. The molecule has 0 radical (unpaired) electrons. The van der Waals surface area contributed by atoms with E-state index < -0.39 is 0 Å². The quantitative estimate of drug-likeness (QED) is 0.509. The summed E-state index contributed by atoms with van der Waals surface area (Å²) in [6.07, 6.45) is 4.56. The number of piperidine rings is 1. The molecule has 32 heavy (non-hydrogen) atoms. The van der Waals surface area contributed by atoms with Crippen LogP contribution in [-0.2, 0) is 37.4 Å². The third kappa shape index (κ3) is 6.07. The SMILES string of the molecule is CN=C(NCc1ccc(CN2CCC(C)CC2)cc1)NC1CCc2nc(COC)nn2C1. The fourth-order valence-corrected chi connectivity index (χ4v) is 4.48. The summed E-state index contributed by atoms with van der Waals surface area (Å²) in [6.45, 7) is 7.85. The van der Waals surface area contributed by atoms with Crippen molar-refractivity contribution < 1.29 is 4.74 Å². The average molecular weight is 440 g/mol. The molecule has 8 nitrogen and oxygen atoms in total. The highest BCUT2D eigenvalue weighted by Gasteiger charge is 2.22. The van der Waals surface area contributed by atoms with Crippen molar-refractivity contribution in [1.82, 2.24) is 30.3 Å². The Labute approximate surface area is 191 Å². The van der Waals surface area contributed by atoms with Gasteiger partial charge in [-0.3, -0.25) is 9.89 Å². The lowest BCUT2D eigenvalue weighted by molar-refractivity contribution is 0.177. The number of fused-ring (bicyclic) bond motifs is 1. The maximum absolute atomic E-state index is 5.15. The molecule has 1 aromatic heterocycles. The number of methoxy groups -OCH3 is 1. The van der Waals surface area contributed by atoms with Gasteiger partial charge in [0.1, 0.15) is 12.4 Å². The summed E-state index contributed by atoms with van der Waals surface area (Å²) < 4.78 is 7.14. The maximum atomic E-state index is 5.15. The molecule has 0 spiro atoms. The van der Waals surface area contributed by atoms with Crippen LogP contribution in [0, 0.1) is 5.92 Å². The van der Waals surface area contributed by atoms with Crippen LogP contribution < -0.4 is 10.6 Å². The summed E-state index contributed by atoms with van der Waals surface area (Å²) in [6, 6.07) is 9.25. The van der Waals surface area contributed by atoms with Gasteiger partial charge in [0.05, 0.1) is 6.54 Å². The van der Waals surface area contributed by atoms with Crippen LogP contribution in [-0.4, -0.2) is 58.9 Å². The van der Waals surface area contributed by atoms with Gasteiger partial charge in [-0.1, -0.05) is 31.2 Å². The minimum absolute atomic E-state index is 0.278. The van der Waals surface area contributed by atoms with Crippen LogP contribution in [0.15, 0.2) is 29.3 Å². The molecule has 1 unspecified atom stereocenters. The van der Waals surface area contributed by atoms with Gasteiger partial charge in [0.15, 0.2) is 11.8 Å². The number of ether oxygens (including phenoxy) is 1. The number of hydrogen-bond acceptors (Lipinski definition) is 5. The number of rotatable bonds is 7. The summed E-state index contributed by atoms with van der Waals surface area (Å²) in [4.78, 5) is 11.5. The zero-order chi connectivity index (χ0) is 22.3. The summed E-state index contributed by atoms with van der Waals surface area (Å²) in [5.41, 5.74) is 2.65. The Morgan fingerprint density at radius 2 is 1.91 bits per heavy atom. The number of benzene rings is 1. The Bertz CT molecular complexity index is 884. The lowest BCUT2D eigenvalue weighted by Crippen LogP contribution is -2.46. The number of hydrogen-bond donors (Lipinski definition) is 2. The van der Waals surface area contributed by atoms with E-state index in [4.69, 9.17) is 4.74 Å². The van der Waals surface area contributed by atoms with Crippen molar-refractivity contribution in [1.29, 1.82) is 0 Å². The first-order valence-electron chi connectivity index (χ1n) is 11.8. The number of nitrogens with zero attached hydrogens (tertiary/aromatic N) is 5. The molecule has 0 saturated carbocycles. The Morgan fingerprint density at radius 3 is 2.62 bits per heavy atom. The zero-order valence-electron chi connectivity index (χ0n) is 19.7. The van der Waals surface area contributed by atoms with Crippen LogP contribution in [0.5, 0.6) is 0 Å². The van der Waals surface area contributed by atoms with Crippen molar-refractivity contribution in [3.05, 3.63) is 47.0 Å². The predicted molar refractivity (Wildman–Crippen MR) is 126 cm³/mol. The molecule has 8 heteroatoms. The first-order chi connectivity index (χ1) is 15.6. The molecule has 174 valence electrons. The van der Waals surface area contributed by atoms with Gasteiger partial charge in [-0.15, -0.1) is 0 Å². The highest BCUT2D eigenvalue weighted by atomic mass is 16.5. The van der Waals surface area contributed by atoms with Crippen molar-refractivity contribution >= 4 is 5.96 Å². The fourth-order valence-electron chi connectivity index (χ4n) is 4.48. The number of likely N-dealkylation sites (tertiary alicyclic amines) is 1. The van der Waals surface area contributed by atoms with Crippen molar-refractivity contribution in [2.45, 2.75) is 64.9 Å². The van der Waals surface area contributed by atoms with Gasteiger partial charge < -0.3 is 15.4 Å². The molecule has 1 aromatic carbocycles. The van der Waals surface area contributed by atoms with E-state index in [2.05, 4.69) is 61.8 Å². The zero-order valence-corrected chi connectivity index (χ0v) is 19.7. The molecule has 1 atom stereocenters. The number of guanidine groups is 1. The van der Waals surface area contributed by atoms with Crippen molar-refractivity contribution in [2.24, 2.45) is 10.9 Å². The molecule has 0 bridgehead atoms. The van der Waals surface area contributed by atoms with Crippen LogP contribution in [0.25, 0.3) is 0 Å². The van der Waals surface area contributed by atoms with Crippen molar-refractivity contribution in [3.8, 4) is 0 Å². The van der Waals surface area contributed by atoms with Crippen LogP contribution in [0.1, 0.15) is 49.0 Å². The third-order valence-corrected chi connectivity index (χ3v) is 6.51. The second-order valence-corrected chi connectivity index (χ2v) is 9.14. The Morgan fingerprint density at radius 1 is 1.16 bits per heavy atom. The van der Waals surface area contributed by atoms with Gasteiger partial charge in [-0.2, -0.15) is 5.10 Å². The van der Waals surface area contributed by atoms with Gasteiger partial charge in [0.25, 0.3) is 0 Å². The van der Waals surface area contributed by atoms with E-state index in [0.29, 0.717) is 6.61 Å². The lowest BCUT2D eigenvalue weighted by Gasteiger charge is -2.30. The van der Waals surface area contributed by atoms with Gasteiger partial charge in [-0.05, 0) is 49.4 Å². The standard InChI is InChI=1S/C24H37N7O/c1-18-10-12-30(13-11-18)15-20-6-4-19(5-7-20)14-26-24(25-2)27-21-8-9-23-28-22(17-32-3)29-31(23)16-21/h4-7,18,21H,8-17H2,1-3H3,(H2,25,26,27). The summed E-state index contributed by atoms with van der Waals surface area (Å²) in [7, 11) is 3.49. The van der Waals surface area contributed by atoms with E-state index in [1.165, 1.54) is 37.1 Å². The first kappa shape index (κ1) is 22.7. The lowest BCUT2D eigenvalue weighted by atomic mass is 9.99. The van der Waals surface area contributed by atoms with Crippen LogP contribution in [0.4, 0.5) is 0 Å². The van der Waals surface area contributed by atoms with E-state index >= 15 is 0 Å². The number of nitrogens with one attached hydrogen (secondary N) is 2. The van der Waals surface area contributed by atoms with Gasteiger partial charge in [0, 0.05) is 39.7 Å². The van der Waals surface area contributed by atoms with E-state index in [9.17, 15) is 0 Å². The molecular formula is C24H37N7O. The van der Waals surface area contributed by atoms with Crippen LogP contribution >= 0.6 is 0 Å². The molecule has 3 heterocycles. The Kier molecular flexibility index (Phi) is 7.76. The number of aromatic nitrogens is 3. The van der Waals surface area contributed by atoms with E-state index in [1.54, 1.807) is 7.11 Å². The summed E-state index contributed by atoms with van der Waals surface area (Å²) in [5.74, 6) is 3.49. The van der Waals surface area contributed by atoms with E-state index in [1.807, 2.05) is 11.7 Å². The van der Waals surface area contributed by atoms with Crippen molar-refractivity contribution in [3.63, 3.8) is 0 Å². The molecule has 0 amide bonds. The topological polar surface area (TPSA) is 79.6 Å². The minimum atomic E-state index is 0.278. The molecule has 2 aromatic rings. The molecule has 1 saturated heterocycles. The highest BCUT2D eigenvalue weighted by Crippen LogP contribution is 2.18. The van der Waals surface area contributed by atoms with Crippen LogP contribution in [0.3, 0.4) is 0 Å². The highest BCUT2D eigenvalue weighted by molar-refractivity contribution is 5.79. The van der Waals surface area contributed by atoms with Crippen LogP contribution in [0.2, 0.25) is 0 Å². The summed E-state index contributed by atoms with van der Waals surface area (Å²) >= 11 is 0. The first-order valence-corrected chi connectivity index (χ1v) is 11.8. The van der Waals surface area contributed by atoms with Crippen molar-refractivity contribution in [2.75, 3.05) is 27.2 Å². The largest absolute Gasteiger partial charge is 0.377 e. The van der Waals surface area contributed by atoms with Gasteiger partial charge >= 0.3 is 0 Å². The molecule has 4 rings (SSSR count). The number of aryl methyl sites for hydroxylation is 1. The van der Waals surface area contributed by atoms with E-state index in [0.717, 1.165) is 56.0 Å². The number of aliphatic imine (C=N–C) groups is 1. The van der Waals surface area contributed by atoms with Gasteiger partial charge in [-0.25, -0.2) is 9.67 Å². The van der Waals surface area contributed by atoms with Gasteiger partial charge in [0.2, 0.25) is 0 Å². The molecule has 2 aliphatic heterocycles. The predicted octanol–water partition coefficient (Wildman–Crippen LogP) is 2.34. The third-order valence-electron chi connectivity index (χ3n) is 6.51. The fraction of sp³-hybridized carbons (Fsp3) is 0.625. The minimum Gasteiger partial charge on any atom is -0.377 e. The second kappa shape index (κ2) is 10.9. The molecule has 2 N–H and O–H groups in total. The van der Waals surface area contributed by atoms with E-state index in [-0.39, 0.29) is 6.04 Å². The Hall–Kier alpha value is -2.45. The average Bonchev–Trinajstić information content (AvgIpc) is 3.21. The monoisotopic (exact) mass is 439 g/mol. The molecule has 0 aliphatic carbocycles. The second-order valence-electron chi connectivity index (χ2n) is 9.14. The molecule has 1 fully saturated rings. The smallest absolute Gasteiger partial charge is 0.191 e. The molecule has 2 aliphatic rings. The summed E-state index contributed by atoms with van der Waals surface area (Å²) in [5, 5.41) is 11.5. The normalized spacial score (nSPS) is 20.2. The Balaban J connectivity index is 1.24. The maximum Gasteiger partial charge on any atom is 0.191 e.